The van der Waals surface area contributed by atoms with E-state index in [1.54, 1.807) is 12.1 Å². The molecule has 0 amide bonds. The van der Waals surface area contributed by atoms with Gasteiger partial charge >= 0.3 is 0 Å². The Hall–Kier alpha value is -1.26. The van der Waals surface area contributed by atoms with Crippen LogP contribution in [0.3, 0.4) is 0 Å². The zero-order valence-corrected chi connectivity index (χ0v) is 11.7. The Kier molecular flexibility index (Phi) is 2.89. The number of benzene rings is 1. The molecule has 1 aromatic rings. The van der Waals surface area contributed by atoms with E-state index in [9.17, 15) is 10.2 Å². The molecule has 2 saturated heterocycles. The number of piperidine rings is 2. The minimum atomic E-state index is 0.0154. The smallest absolute Gasteiger partial charge is 0.157 e. The summed E-state index contributed by atoms with van der Waals surface area (Å²) in [6, 6.07) is 4.55. The lowest BCUT2D eigenvalue weighted by Gasteiger charge is -2.49. The molecule has 4 rings (SSSR count). The van der Waals surface area contributed by atoms with Gasteiger partial charge in [0.25, 0.3) is 0 Å². The van der Waals surface area contributed by atoms with Crippen LogP contribution in [0, 0.1) is 5.92 Å². The monoisotopic (exact) mass is 274 g/mol. The number of nitrogens with one attached hydrogen (secondary N) is 1. The largest absolute Gasteiger partial charge is 0.504 e. The average Bonchev–Trinajstić information content (AvgIpc) is 2.47. The molecule has 3 atom stereocenters. The van der Waals surface area contributed by atoms with Crippen molar-refractivity contribution < 1.29 is 10.2 Å². The van der Waals surface area contributed by atoms with Gasteiger partial charge < -0.3 is 15.5 Å². The van der Waals surface area contributed by atoms with E-state index in [0.717, 1.165) is 31.8 Å². The second-order valence-corrected chi connectivity index (χ2v) is 6.50. The summed E-state index contributed by atoms with van der Waals surface area (Å²) < 4.78 is 0. The number of phenolic OH excluding ortho intramolecular Hbond substituents is 2. The molecule has 108 valence electrons. The maximum absolute atomic E-state index is 9.81. The third-order valence-electron chi connectivity index (χ3n) is 5.38. The molecule has 4 heteroatoms. The number of hydrogen-bond donors (Lipinski definition) is 3. The van der Waals surface area contributed by atoms with Gasteiger partial charge in [-0.1, -0.05) is 0 Å². The summed E-state index contributed by atoms with van der Waals surface area (Å²) in [7, 11) is 0. The Morgan fingerprint density at radius 1 is 1.20 bits per heavy atom. The predicted molar refractivity (Wildman–Crippen MR) is 76.9 cm³/mol. The summed E-state index contributed by atoms with van der Waals surface area (Å²) in [6.45, 7) is 3.39. The molecular weight excluding hydrogens is 252 g/mol. The van der Waals surface area contributed by atoms with Gasteiger partial charge in [0.05, 0.1) is 0 Å². The lowest BCUT2D eigenvalue weighted by atomic mass is 9.77. The number of fused-ring (bicyclic) bond motifs is 4. The van der Waals surface area contributed by atoms with Crippen LogP contribution in [0.2, 0.25) is 0 Å². The molecular formula is C16H22N2O2. The van der Waals surface area contributed by atoms with Crippen LogP contribution in [-0.2, 0) is 6.42 Å². The van der Waals surface area contributed by atoms with E-state index in [1.165, 1.54) is 30.5 Å². The van der Waals surface area contributed by atoms with E-state index >= 15 is 0 Å². The molecule has 0 aromatic heterocycles. The molecule has 3 aliphatic rings. The Morgan fingerprint density at radius 3 is 2.95 bits per heavy atom. The van der Waals surface area contributed by atoms with Crippen LogP contribution in [0.5, 0.6) is 11.5 Å². The molecule has 0 radical (unpaired) electrons. The molecule has 3 heterocycles. The lowest BCUT2D eigenvalue weighted by Crippen LogP contribution is -2.54. The molecule has 1 aromatic carbocycles. The quantitative estimate of drug-likeness (QED) is 0.631. The van der Waals surface area contributed by atoms with E-state index in [-0.39, 0.29) is 11.5 Å². The predicted octanol–water partition coefficient (Wildman–Crippen LogP) is 1.77. The molecule has 20 heavy (non-hydrogen) atoms. The second-order valence-electron chi connectivity index (χ2n) is 6.50. The third kappa shape index (κ3) is 1.90. The lowest BCUT2D eigenvalue weighted by molar-refractivity contribution is 0.0550. The second kappa shape index (κ2) is 4.64. The summed E-state index contributed by atoms with van der Waals surface area (Å²) in [5.41, 5.74) is 2.42. The standard InChI is InChI=1S/C16H22N2O2/c19-15-6-10-3-5-18-9-11-2-1-4-17-13(11)8-14(18)12(10)7-16(15)20/h6-7,11,13-14,17,19-20H,1-5,8-9H2. The van der Waals surface area contributed by atoms with Crippen molar-refractivity contribution in [2.45, 2.75) is 37.8 Å². The number of phenols is 2. The number of rotatable bonds is 0. The molecule has 3 aliphatic heterocycles. The van der Waals surface area contributed by atoms with Gasteiger partial charge in [0.1, 0.15) is 0 Å². The zero-order chi connectivity index (χ0) is 13.7. The van der Waals surface area contributed by atoms with Crippen LogP contribution in [0.25, 0.3) is 0 Å². The Morgan fingerprint density at radius 2 is 2.05 bits per heavy atom. The van der Waals surface area contributed by atoms with E-state index in [4.69, 9.17) is 0 Å². The van der Waals surface area contributed by atoms with Crippen molar-refractivity contribution in [3.05, 3.63) is 23.3 Å². The summed E-state index contributed by atoms with van der Waals surface area (Å²) >= 11 is 0. The highest BCUT2D eigenvalue weighted by molar-refractivity contribution is 5.48. The van der Waals surface area contributed by atoms with Crippen LogP contribution in [0.4, 0.5) is 0 Å². The van der Waals surface area contributed by atoms with E-state index in [2.05, 4.69) is 10.2 Å². The number of hydrogen-bond acceptors (Lipinski definition) is 4. The highest BCUT2D eigenvalue weighted by Crippen LogP contribution is 2.43. The first-order chi connectivity index (χ1) is 9.72. The summed E-state index contributed by atoms with van der Waals surface area (Å²) in [5.74, 6) is 0.818. The topological polar surface area (TPSA) is 55.7 Å². The zero-order valence-electron chi connectivity index (χ0n) is 11.7. The maximum atomic E-state index is 9.81. The molecule has 3 unspecified atom stereocenters. The third-order valence-corrected chi connectivity index (χ3v) is 5.38. The van der Waals surface area contributed by atoms with Gasteiger partial charge in [-0.25, -0.2) is 0 Å². The molecule has 0 spiro atoms. The van der Waals surface area contributed by atoms with Crippen molar-refractivity contribution in [2.75, 3.05) is 19.6 Å². The van der Waals surface area contributed by atoms with Crippen molar-refractivity contribution in [1.82, 2.24) is 10.2 Å². The highest BCUT2D eigenvalue weighted by Gasteiger charge is 2.39. The molecule has 3 N–H and O–H groups in total. The SMILES string of the molecule is Oc1cc2c(cc1O)C1CC3NCCCC3CN1CC2. The minimum Gasteiger partial charge on any atom is -0.504 e. The van der Waals surface area contributed by atoms with Crippen molar-refractivity contribution in [1.29, 1.82) is 0 Å². The summed E-state index contributed by atoms with van der Waals surface area (Å²) in [4.78, 5) is 2.58. The first kappa shape index (κ1) is 12.5. The minimum absolute atomic E-state index is 0.0154. The fraction of sp³-hybridized carbons (Fsp3) is 0.625. The van der Waals surface area contributed by atoms with Crippen LogP contribution in [0.15, 0.2) is 12.1 Å². The maximum Gasteiger partial charge on any atom is 0.157 e. The van der Waals surface area contributed by atoms with Gasteiger partial charge in [-0.15, -0.1) is 0 Å². The Balaban J connectivity index is 1.67. The summed E-state index contributed by atoms with van der Waals surface area (Å²) in [6.07, 6.45) is 4.74. The molecule has 0 bridgehead atoms. The van der Waals surface area contributed by atoms with Gasteiger partial charge in [-0.3, -0.25) is 4.90 Å². The van der Waals surface area contributed by atoms with Gasteiger partial charge in [0.15, 0.2) is 11.5 Å². The first-order valence-corrected chi connectivity index (χ1v) is 7.74. The first-order valence-electron chi connectivity index (χ1n) is 7.74. The van der Waals surface area contributed by atoms with Crippen LogP contribution < -0.4 is 5.32 Å². The Labute approximate surface area is 119 Å². The normalized spacial score (nSPS) is 33.1. The average molecular weight is 274 g/mol. The fourth-order valence-electron chi connectivity index (χ4n) is 4.33. The van der Waals surface area contributed by atoms with Crippen LogP contribution >= 0.6 is 0 Å². The molecule has 4 nitrogen and oxygen atoms in total. The number of nitrogens with zero attached hydrogens (tertiary/aromatic N) is 1. The highest BCUT2D eigenvalue weighted by atomic mass is 16.3. The van der Waals surface area contributed by atoms with E-state index in [1.807, 2.05) is 0 Å². The molecule has 0 saturated carbocycles. The number of aromatic hydroxyl groups is 2. The van der Waals surface area contributed by atoms with Gasteiger partial charge in [-0.2, -0.15) is 0 Å². The molecule has 0 aliphatic carbocycles. The van der Waals surface area contributed by atoms with Crippen LogP contribution in [0.1, 0.15) is 36.4 Å². The van der Waals surface area contributed by atoms with Gasteiger partial charge in [0.2, 0.25) is 0 Å². The fourth-order valence-corrected chi connectivity index (χ4v) is 4.33. The van der Waals surface area contributed by atoms with Gasteiger partial charge in [-0.05, 0) is 61.4 Å². The van der Waals surface area contributed by atoms with Crippen molar-refractivity contribution in [3.8, 4) is 11.5 Å². The van der Waals surface area contributed by atoms with Crippen molar-refractivity contribution >= 4 is 0 Å². The van der Waals surface area contributed by atoms with E-state index in [0.29, 0.717) is 12.1 Å². The molecule has 2 fully saturated rings. The van der Waals surface area contributed by atoms with E-state index < -0.39 is 0 Å². The van der Waals surface area contributed by atoms with Crippen molar-refractivity contribution in [3.63, 3.8) is 0 Å². The van der Waals surface area contributed by atoms with Gasteiger partial charge in [0, 0.05) is 25.2 Å². The Bertz CT molecular complexity index is 531. The van der Waals surface area contributed by atoms with Crippen molar-refractivity contribution in [2.24, 2.45) is 5.92 Å². The van der Waals surface area contributed by atoms with Crippen LogP contribution in [-0.4, -0.2) is 40.8 Å². The summed E-state index contributed by atoms with van der Waals surface area (Å²) in [5, 5.41) is 23.2.